The normalized spacial score (nSPS) is 8.83. The standard InChI is InChI=1S/C7H10ClNO3/c1-3-4-12-7(11)9(2)5-6(8)10/h3H,1,4-5H2,2H3. The summed E-state index contributed by atoms with van der Waals surface area (Å²) in [4.78, 5) is 22.3. The van der Waals surface area contributed by atoms with Crippen molar-refractivity contribution in [3.8, 4) is 0 Å². The molecule has 0 bridgehead atoms. The van der Waals surface area contributed by atoms with Crippen molar-refractivity contribution in [2.45, 2.75) is 0 Å². The number of likely N-dealkylation sites (N-methyl/N-ethyl adjacent to an activating group) is 1. The molecule has 0 saturated heterocycles. The van der Waals surface area contributed by atoms with Crippen LogP contribution in [0.1, 0.15) is 0 Å². The number of halogens is 1. The molecule has 0 aromatic rings. The van der Waals surface area contributed by atoms with E-state index in [1.807, 2.05) is 0 Å². The Bertz CT molecular complexity index is 193. The molecule has 0 N–H and O–H groups in total. The highest BCUT2D eigenvalue weighted by Crippen LogP contribution is 1.92. The quantitative estimate of drug-likeness (QED) is 0.492. The van der Waals surface area contributed by atoms with Crippen molar-refractivity contribution < 1.29 is 14.3 Å². The molecule has 0 rings (SSSR count). The van der Waals surface area contributed by atoms with Gasteiger partial charge in [-0.3, -0.25) is 4.79 Å². The molecule has 68 valence electrons. The molecule has 4 nitrogen and oxygen atoms in total. The van der Waals surface area contributed by atoms with Gasteiger partial charge in [-0.1, -0.05) is 12.7 Å². The molecule has 0 radical (unpaired) electrons. The second-order valence-electron chi connectivity index (χ2n) is 2.08. The molecule has 5 heteroatoms. The van der Waals surface area contributed by atoms with Crippen LogP contribution in [-0.4, -0.2) is 36.4 Å². The van der Waals surface area contributed by atoms with Gasteiger partial charge in [0.05, 0.1) is 6.54 Å². The third kappa shape index (κ3) is 4.73. The Labute approximate surface area is 75.7 Å². The molecule has 0 aromatic heterocycles. The fourth-order valence-electron chi connectivity index (χ4n) is 0.491. The van der Waals surface area contributed by atoms with E-state index < -0.39 is 11.3 Å². The molecule has 0 fully saturated rings. The third-order valence-corrected chi connectivity index (χ3v) is 1.12. The smallest absolute Gasteiger partial charge is 0.410 e. The Balaban J connectivity index is 3.76. The maximum atomic E-state index is 10.9. The predicted octanol–water partition coefficient (Wildman–Crippen LogP) is 1.01. The Hall–Kier alpha value is -1.03. The SMILES string of the molecule is C=CCOC(=O)N(C)CC(=O)Cl. The summed E-state index contributed by atoms with van der Waals surface area (Å²) in [6, 6.07) is 0. The van der Waals surface area contributed by atoms with Crippen LogP contribution in [0.3, 0.4) is 0 Å². The Morgan fingerprint density at radius 1 is 1.67 bits per heavy atom. The van der Waals surface area contributed by atoms with Gasteiger partial charge in [0, 0.05) is 7.05 Å². The minimum Gasteiger partial charge on any atom is -0.445 e. The van der Waals surface area contributed by atoms with E-state index in [1.165, 1.54) is 13.1 Å². The van der Waals surface area contributed by atoms with Gasteiger partial charge in [-0.15, -0.1) is 0 Å². The first-order chi connectivity index (χ1) is 5.57. The number of rotatable bonds is 4. The molecule has 0 aliphatic heterocycles. The number of carbonyl (C=O) groups is 2. The summed E-state index contributed by atoms with van der Waals surface area (Å²) in [6.45, 7) is 3.33. The lowest BCUT2D eigenvalue weighted by atomic mass is 10.6. The van der Waals surface area contributed by atoms with E-state index >= 15 is 0 Å². The van der Waals surface area contributed by atoms with Crippen molar-refractivity contribution in [2.75, 3.05) is 20.2 Å². The van der Waals surface area contributed by atoms with Gasteiger partial charge in [-0.25, -0.2) is 4.79 Å². The fraction of sp³-hybridized carbons (Fsp3) is 0.429. The van der Waals surface area contributed by atoms with E-state index in [9.17, 15) is 9.59 Å². The van der Waals surface area contributed by atoms with Crippen LogP contribution < -0.4 is 0 Å². The number of carbonyl (C=O) groups excluding carboxylic acids is 2. The molecular weight excluding hydrogens is 182 g/mol. The summed E-state index contributed by atoms with van der Waals surface area (Å²) in [6.07, 6.45) is 0.845. The lowest BCUT2D eigenvalue weighted by Gasteiger charge is -2.13. The van der Waals surface area contributed by atoms with E-state index in [0.29, 0.717) is 0 Å². The molecule has 0 aliphatic rings. The van der Waals surface area contributed by atoms with Crippen molar-refractivity contribution in [1.82, 2.24) is 4.90 Å². The second kappa shape index (κ2) is 5.60. The van der Waals surface area contributed by atoms with Crippen LogP contribution in [0.15, 0.2) is 12.7 Å². The number of ether oxygens (including phenoxy) is 1. The molecule has 0 aromatic carbocycles. The van der Waals surface area contributed by atoms with Crippen LogP contribution in [0.25, 0.3) is 0 Å². The molecule has 1 amide bonds. The number of amides is 1. The molecule has 0 spiro atoms. The molecule has 0 saturated carbocycles. The molecule has 12 heavy (non-hydrogen) atoms. The highest BCUT2D eigenvalue weighted by Gasteiger charge is 2.11. The zero-order valence-electron chi connectivity index (χ0n) is 6.75. The number of hydrogen-bond acceptors (Lipinski definition) is 3. The third-order valence-electron chi connectivity index (χ3n) is 0.998. The minimum absolute atomic E-state index is 0.125. The molecule has 0 heterocycles. The van der Waals surface area contributed by atoms with Gasteiger partial charge in [0.15, 0.2) is 0 Å². The first kappa shape index (κ1) is 11.0. The van der Waals surface area contributed by atoms with Crippen LogP contribution in [0.5, 0.6) is 0 Å². The Kier molecular flexibility index (Phi) is 5.12. The van der Waals surface area contributed by atoms with Gasteiger partial charge in [0.1, 0.15) is 6.61 Å². The zero-order valence-corrected chi connectivity index (χ0v) is 7.50. The molecular formula is C7H10ClNO3. The Morgan fingerprint density at radius 2 is 2.25 bits per heavy atom. The largest absolute Gasteiger partial charge is 0.445 e. The topological polar surface area (TPSA) is 46.6 Å². The van der Waals surface area contributed by atoms with Crippen LogP contribution >= 0.6 is 11.6 Å². The minimum atomic E-state index is -0.604. The maximum absolute atomic E-state index is 10.9. The average molecular weight is 192 g/mol. The van der Waals surface area contributed by atoms with Crippen LogP contribution in [0.4, 0.5) is 4.79 Å². The van der Waals surface area contributed by atoms with Gasteiger partial charge < -0.3 is 9.64 Å². The van der Waals surface area contributed by atoms with Crippen LogP contribution in [0, 0.1) is 0 Å². The van der Waals surface area contributed by atoms with E-state index in [0.717, 1.165) is 4.90 Å². The fourth-order valence-corrected chi connectivity index (χ4v) is 0.671. The van der Waals surface area contributed by atoms with Crippen molar-refractivity contribution in [3.05, 3.63) is 12.7 Å². The van der Waals surface area contributed by atoms with E-state index in [1.54, 1.807) is 0 Å². The van der Waals surface area contributed by atoms with E-state index in [2.05, 4.69) is 11.3 Å². The van der Waals surface area contributed by atoms with Crippen molar-refractivity contribution in [3.63, 3.8) is 0 Å². The Morgan fingerprint density at radius 3 is 2.67 bits per heavy atom. The van der Waals surface area contributed by atoms with Crippen LogP contribution in [-0.2, 0) is 9.53 Å². The highest BCUT2D eigenvalue weighted by molar-refractivity contribution is 6.64. The first-order valence-electron chi connectivity index (χ1n) is 3.25. The van der Waals surface area contributed by atoms with Gasteiger partial charge in [-0.05, 0) is 11.6 Å². The maximum Gasteiger partial charge on any atom is 0.410 e. The van der Waals surface area contributed by atoms with Gasteiger partial charge in [0.2, 0.25) is 5.24 Å². The number of hydrogen-bond donors (Lipinski definition) is 0. The van der Waals surface area contributed by atoms with E-state index in [4.69, 9.17) is 11.6 Å². The van der Waals surface area contributed by atoms with Gasteiger partial charge in [-0.2, -0.15) is 0 Å². The monoisotopic (exact) mass is 191 g/mol. The average Bonchev–Trinajstić information content (AvgIpc) is 1.98. The van der Waals surface area contributed by atoms with Crippen molar-refractivity contribution in [1.29, 1.82) is 0 Å². The lowest BCUT2D eigenvalue weighted by Crippen LogP contribution is -2.31. The van der Waals surface area contributed by atoms with Crippen molar-refractivity contribution in [2.24, 2.45) is 0 Å². The summed E-state index contributed by atoms with van der Waals surface area (Å²) in [5.41, 5.74) is 0. The predicted molar refractivity (Wildman–Crippen MR) is 45.0 cm³/mol. The van der Waals surface area contributed by atoms with Gasteiger partial charge in [0.25, 0.3) is 0 Å². The first-order valence-corrected chi connectivity index (χ1v) is 3.63. The lowest BCUT2D eigenvalue weighted by molar-refractivity contribution is -0.112. The molecule has 0 unspecified atom stereocenters. The molecule has 0 aliphatic carbocycles. The summed E-state index contributed by atoms with van der Waals surface area (Å²) in [5, 5.41) is -0.604. The highest BCUT2D eigenvalue weighted by atomic mass is 35.5. The summed E-state index contributed by atoms with van der Waals surface area (Å²) < 4.78 is 4.61. The second-order valence-corrected chi connectivity index (χ2v) is 2.50. The number of nitrogens with zero attached hydrogens (tertiary/aromatic N) is 1. The summed E-state index contributed by atoms with van der Waals surface area (Å²) in [5.74, 6) is 0. The van der Waals surface area contributed by atoms with Crippen LogP contribution in [0.2, 0.25) is 0 Å². The molecule has 0 atom stereocenters. The zero-order chi connectivity index (χ0) is 9.56. The van der Waals surface area contributed by atoms with Gasteiger partial charge >= 0.3 is 6.09 Å². The summed E-state index contributed by atoms with van der Waals surface area (Å²) >= 11 is 5.04. The summed E-state index contributed by atoms with van der Waals surface area (Å²) in [7, 11) is 1.42. The van der Waals surface area contributed by atoms with Crippen molar-refractivity contribution >= 4 is 22.9 Å². The van der Waals surface area contributed by atoms with E-state index in [-0.39, 0.29) is 13.2 Å².